The summed E-state index contributed by atoms with van der Waals surface area (Å²) in [6.45, 7) is 0. The van der Waals surface area contributed by atoms with Crippen LogP contribution in [0.2, 0.25) is 0 Å². The first-order valence-electron chi connectivity index (χ1n) is 6.15. The molecule has 0 spiro atoms. The van der Waals surface area contributed by atoms with Crippen LogP contribution in [-0.4, -0.2) is 42.2 Å². The lowest BCUT2D eigenvalue weighted by molar-refractivity contribution is 0.394. The molecular formula is C13H18N4O2S. The molecule has 0 aliphatic rings. The average molecular weight is 294 g/mol. The number of hydrogen-bond acceptors (Lipinski definition) is 6. The van der Waals surface area contributed by atoms with Crippen molar-refractivity contribution in [2.24, 2.45) is 0 Å². The van der Waals surface area contributed by atoms with Crippen molar-refractivity contribution in [1.82, 2.24) is 20.5 Å². The molecule has 0 saturated heterocycles. The second kappa shape index (κ2) is 7.16. The zero-order valence-electron chi connectivity index (χ0n) is 11.7. The van der Waals surface area contributed by atoms with Gasteiger partial charge in [-0.25, -0.2) is 4.98 Å². The van der Waals surface area contributed by atoms with E-state index < -0.39 is 0 Å². The van der Waals surface area contributed by atoms with Gasteiger partial charge >= 0.3 is 0 Å². The number of H-pyrrole nitrogens is 1. The van der Waals surface area contributed by atoms with Gasteiger partial charge in [0.2, 0.25) is 0 Å². The van der Waals surface area contributed by atoms with Crippen molar-refractivity contribution in [3.8, 4) is 11.5 Å². The summed E-state index contributed by atoms with van der Waals surface area (Å²) >= 11 is 1.60. The van der Waals surface area contributed by atoms with Gasteiger partial charge in [0.25, 0.3) is 0 Å². The standard InChI is InChI=1S/C13H18N4O2S/c1-14-11(7-20-13-15-8-16-17-13)10-6-9(18-2)4-5-12(10)19-3/h4-6,8,11,14H,7H2,1-3H3,(H,15,16,17). The lowest BCUT2D eigenvalue weighted by Crippen LogP contribution is -2.19. The highest BCUT2D eigenvalue weighted by Gasteiger charge is 2.16. The van der Waals surface area contributed by atoms with Crippen LogP contribution in [0.15, 0.2) is 29.7 Å². The summed E-state index contributed by atoms with van der Waals surface area (Å²) in [5.41, 5.74) is 1.06. The molecule has 1 atom stereocenters. The van der Waals surface area contributed by atoms with E-state index in [2.05, 4.69) is 20.5 Å². The van der Waals surface area contributed by atoms with Crippen LogP contribution in [0.5, 0.6) is 11.5 Å². The van der Waals surface area contributed by atoms with Crippen molar-refractivity contribution in [3.63, 3.8) is 0 Å². The Bertz CT molecular complexity index is 533. The van der Waals surface area contributed by atoms with E-state index >= 15 is 0 Å². The Balaban J connectivity index is 2.16. The predicted molar refractivity (Wildman–Crippen MR) is 78.5 cm³/mol. The first-order chi connectivity index (χ1) is 9.78. The number of rotatable bonds is 7. The van der Waals surface area contributed by atoms with Gasteiger partial charge in [0.1, 0.15) is 17.8 Å². The number of benzene rings is 1. The van der Waals surface area contributed by atoms with Gasteiger partial charge in [0.05, 0.1) is 14.2 Å². The second-order valence-electron chi connectivity index (χ2n) is 4.05. The Kier molecular flexibility index (Phi) is 5.25. The van der Waals surface area contributed by atoms with E-state index in [1.54, 1.807) is 26.0 Å². The van der Waals surface area contributed by atoms with Crippen LogP contribution in [0.4, 0.5) is 0 Å². The topological polar surface area (TPSA) is 72.1 Å². The predicted octanol–water partition coefficient (Wildman–Crippen LogP) is 1.87. The van der Waals surface area contributed by atoms with Crippen LogP contribution in [0, 0.1) is 0 Å². The Labute approximate surface area is 122 Å². The molecule has 7 heteroatoms. The van der Waals surface area contributed by atoms with Crippen LogP contribution in [-0.2, 0) is 0 Å². The molecule has 2 N–H and O–H groups in total. The van der Waals surface area contributed by atoms with Crippen LogP contribution >= 0.6 is 11.8 Å². The fourth-order valence-corrected chi connectivity index (χ4v) is 2.78. The minimum Gasteiger partial charge on any atom is -0.497 e. The van der Waals surface area contributed by atoms with Gasteiger partial charge < -0.3 is 14.8 Å². The van der Waals surface area contributed by atoms with E-state index in [0.29, 0.717) is 0 Å². The molecule has 20 heavy (non-hydrogen) atoms. The maximum atomic E-state index is 5.42. The maximum Gasteiger partial charge on any atom is 0.183 e. The van der Waals surface area contributed by atoms with Crippen molar-refractivity contribution < 1.29 is 9.47 Å². The van der Waals surface area contributed by atoms with E-state index in [9.17, 15) is 0 Å². The summed E-state index contributed by atoms with van der Waals surface area (Å²) < 4.78 is 10.7. The van der Waals surface area contributed by atoms with Crippen molar-refractivity contribution >= 4 is 11.8 Å². The van der Waals surface area contributed by atoms with E-state index in [4.69, 9.17) is 9.47 Å². The Morgan fingerprint density at radius 2 is 2.20 bits per heavy atom. The molecule has 0 bridgehead atoms. The SMILES string of the molecule is CNC(CSc1ncn[nH]1)c1cc(OC)ccc1OC. The zero-order chi connectivity index (χ0) is 14.4. The molecule has 0 aliphatic heterocycles. The number of ether oxygens (including phenoxy) is 2. The molecule has 2 aromatic rings. The zero-order valence-corrected chi connectivity index (χ0v) is 12.5. The minimum absolute atomic E-state index is 0.121. The van der Waals surface area contributed by atoms with Gasteiger partial charge in [-0.3, -0.25) is 5.10 Å². The summed E-state index contributed by atoms with van der Waals surface area (Å²) in [5, 5.41) is 10.8. The smallest absolute Gasteiger partial charge is 0.183 e. The Hall–Kier alpha value is -1.73. The molecule has 108 valence electrons. The first kappa shape index (κ1) is 14.7. The Morgan fingerprint density at radius 3 is 2.80 bits per heavy atom. The van der Waals surface area contributed by atoms with Crippen molar-refractivity contribution in [3.05, 3.63) is 30.1 Å². The monoisotopic (exact) mass is 294 g/mol. The fourth-order valence-electron chi connectivity index (χ4n) is 1.87. The van der Waals surface area contributed by atoms with Crippen LogP contribution in [0.25, 0.3) is 0 Å². The summed E-state index contributed by atoms with van der Waals surface area (Å²) in [7, 11) is 5.25. The number of nitrogens with zero attached hydrogens (tertiary/aromatic N) is 2. The third kappa shape index (κ3) is 3.43. The van der Waals surface area contributed by atoms with E-state index in [1.807, 2.05) is 25.2 Å². The van der Waals surface area contributed by atoms with E-state index in [1.165, 1.54) is 6.33 Å². The van der Waals surface area contributed by atoms with Gasteiger partial charge in [-0.15, -0.1) is 0 Å². The highest BCUT2D eigenvalue weighted by molar-refractivity contribution is 7.99. The second-order valence-corrected chi connectivity index (χ2v) is 5.06. The number of nitrogens with one attached hydrogen (secondary N) is 2. The molecule has 1 unspecified atom stereocenters. The van der Waals surface area contributed by atoms with Gasteiger partial charge in [0, 0.05) is 17.4 Å². The number of aromatic amines is 1. The summed E-state index contributed by atoms with van der Waals surface area (Å²) in [6.07, 6.45) is 1.50. The number of aromatic nitrogens is 3. The molecule has 6 nitrogen and oxygen atoms in total. The molecule has 2 rings (SSSR count). The van der Waals surface area contributed by atoms with Gasteiger partial charge in [-0.05, 0) is 25.2 Å². The lowest BCUT2D eigenvalue weighted by Gasteiger charge is -2.19. The molecule has 1 aromatic heterocycles. The highest BCUT2D eigenvalue weighted by Crippen LogP contribution is 2.31. The van der Waals surface area contributed by atoms with Gasteiger partial charge in [0.15, 0.2) is 5.16 Å². The normalized spacial score (nSPS) is 12.2. The fraction of sp³-hybridized carbons (Fsp3) is 0.385. The summed E-state index contributed by atoms with van der Waals surface area (Å²) in [5.74, 6) is 2.45. The van der Waals surface area contributed by atoms with Crippen LogP contribution in [0.3, 0.4) is 0 Å². The molecule has 0 fully saturated rings. The lowest BCUT2D eigenvalue weighted by atomic mass is 10.1. The average Bonchev–Trinajstić information content (AvgIpc) is 3.01. The molecule has 0 amide bonds. The molecule has 0 radical (unpaired) electrons. The molecule has 0 saturated carbocycles. The third-order valence-corrected chi connectivity index (χ3v) is 3.91. The van der Waals surface area contributed by atoms with Gasteiger partial charge in [-0.1, -0.05) is 11.8 Å². The van der Waals surface area contributed by atoms with E-state index in [0.717, 1.165) is 28.0 Å². The quantitative estimate of drug-likeness (QED) is 0.760. The van der Waals surface area contributed by atoms with Crippen molar-refractivity contribution in [2.45, 2.75) is 11.2 Å². The van der Waals surface area contributed by atoms with Crippen LogP contribution in [0.1, 0.15) is 11.6 Å². The maximum absolute atomic E-state index is 5.42. The van der Waals surface area contributed by atoms with E-state index in [-0.39, 0.29) is 6.04 Å². The molecule has 1 heterocycles. The Morgan fingerprint density at radius 1 is 1.35 bits per heavy atom. The highest BCUT2D eigenvalue weighted by atomic mass is 32.2. The summed E-state index contributed by atoms with van der Waals surface area (Å²) in [6, 6.07) is 5.91. The molecular weight excluding hydrogens is 276 g/mol. The first-order valence-corrected chi connectivity index (χ1v) is 7.14. The molecule has 1 aromatic carbocycles. The number of methoxy groups -OCH3 is 2. The largest absolute Gasteiger partial charge is 0.497 e. The third-order valence-electron chi connectivity index (χ3n) is 2.94. The summed E-state index contributed by atoms with van der Waals surface area (Å²) in [4.78, 5) is 4.11. The molecule has 0 aliphatic carbocycles. The van der Waals surface area contributed by atoms with Crippen LogP contribution < -0.4 is 14.8 Å². The number of thioether (sulfide) groups is 1. The number of hydrogen-bond donors (Lipinski definition) is 2. The van der Waals surface area contributed by atoms with Crippen molar-refractivity contribution in [2.75, 3.05) is 27.0 Å². The van der Waals surface area contributed by atoms with Gasteiger partial charge in [-0.2, -0.15) is 5.10 Å². The van der Waals surface area contributed by atoms with Crippen molar-refractivity contribution in [1.29, 1.82) is 0 Å². The minimum atomic E-state index is 0.121.